The summed E-state index contributed by atoms with van der Waals surface area (Å²) >= 11 is 0. The van der Waals surface area contributed by atoms with Crippen molar-refractivity contribution in [3.8, 4) is 0 Å². The van der Waals surface area contributed by atoms with E-state index in [0.717, 1.165) is 12.5 Å². The Morgan fingerprint density at radius 3 is 2.95 bits per heavy atom. The average molecular weight is 262 g/mol. The van der Waals surface area contributed by atoms with E-state index in [1.165, 1.54) is 43.6 Å². The molecule has 0 aromatic heterocycles. The van der Waals surface area contributed by atoms with Crippen LogP contribution in [-0.2, 0) is 17.9 Å². The summed E-state index contributed by atoms with van der Waals surface area (Å²) in [6, 6.07) is 8.70. The van der Waals surface area contributed by atoms with E-state index < -0.39 is 0 Å². The Kier molecular flexibility index (Phi) is 5.83. The fourth-order valence-corrected chi connectivity index (χ4v) is 2.88. The predicted molar refractivity (Wildman–Crippen MR) is 79.1 cm³/mol. The number of piperidine rings is 1. The maximum atomic E-state index is 5.19. The molecule has 0 saturated carbocycles. The molecule has 0 spiro atoms. The van der Waals surface area contributed by atoms with Crippen LogP contribution in [0.15, 0.2) is 24.3 Å². The highest BCUT2D eigenvalue weighted by atomic mass is 16.5. The number of hydrogen-bond acceptors (Lipinski definition) is 3. The Bertz CT molecular complexity index is 375. The molecule has 106 valence electrons. The van der Waals surface area contributed by atoms with Crippen molar-refractivity contribution < 1.29 is 4.74 Å². The largest absolute Gasteiger partial charge is 0.380 e. The number of methoxy groups -OCH3 is 1. The van der Waals surface area contributed by atoms with Gasteiger partial charge in [0.25, 0.3) is 0 Å². The molecule has 1 atom stereocenters. The van der Waals surface area contributed by atoms with E-state index >= 15 is 0 Å². The van der Waals surface area contributed by atoms with Gasteiger partial charge >= 0.3 is 0 Å². The number of nitrogens with one attached hydrogen (secondary N) is 1. The molecule has 0 radical (unpaired) electrons. The molecule has 0 bridgehead atoms. The first-order valence-electron chi connectivity index (χ1n) is 7.24. The zero-order valence-corrected chi connectivity index (χ0v) is 12.2. The van der Waals surface area contributed by atoms with Gasteiger partial charge in [-0.05, 0) is 50.0 Å². The molecule has 0 aliphatic carbocycles. The van der Waals surface area contributed by atoms with Gasteiger partial charge < -0.3 is 15.0 Å². The minimum absolute atomic E-state index is 0.699. The van der Waals surface area contributed by atoms with Gasteiger partial charge in [0, 0.05) is 20.2 Å². The van der Waals surface area contributed by atoms with Gasteiger partial charge in [-0.3, -0.25) is 0 Å². The lowest BCUT2D eigenvalue weighted by atomic mass is 9.99. The predicted octanol–water partition coefficient (Wildman–Crippen LogP) is 2.26. The third-order valence-corrected chi connectivity index (χ3v) is 3.72. The molecule has 3 nitrogen and oxygen atoms in total. The van der Waals surface area contributed by atoms with Gasteiger partial charge in [0.1, 0.15) is 0 Å². The smallest absolute Gasteiger partial charge is 0.0713 e. The topological polar surface area (TPSA) is 24.5 Å². The Hall–Kier alpha value is -0.900. The zero-order chi connectivity index (χ0) is 13.5. The first-order valence-corrected chi connectivity index (χ1v) is 7.24. The highest BCUT2D eigenvalue weighted by molar-refractivity contribution is 5.22. The lowest BCUT2D eigenvalue weighted by molar-refractivity contribution is 0.184. The summed E-state index contributed by atoms with van der Waals surface area (Å²) in [5, 5.41) is 3.49. The molecule has 1 aliphatic heterocycles. The van der Waals surface area contributed by atoms with Crippen LogP contribution in [0.2, 0.25) is 0 Å². The first-order chi connectivity index (χ1) is 9.28. The van der Waals surface area contributed by atoms with Crippen LogP contribution in [0.5, 0.6) is 0 Å². The summed E-state index contributed by atoms with van der Waals surface area (Å²) in [6.45, 7) is 5.27. The second-order valence-corrected chi connectivity index (χ2v) is 5.66. The Labute approximate surface area is 116 Å². The second-order valence-electron chi connectivity index (χ2n) is 5.66. The fraction of sp³-hybridized carbons (Fsp3) is 0.625. The van der Waals surface area contributed by atoms with E-state index in [-0.39, 0.29) is 0 Å². The van der Waals surface area contributed by atoms with Crippen molar-refractivity contribution in [3.05, 3.63) is 35.4 Å². The van der Waals surface area contributed by atoms with Crippen LogP contribution in [0.25, 0.3) is 0 Å². The average Bonchev–Trinajstić information content (AvgIpc) is 2.40. The minimum Gasteiger partial charge on any atom is -0.380 e. The summed E-state index contributed by atoms with van der Waals surface area (Å²) in [4.78, 5) is 2.43. The molecule has 1 heterocycles. The molecule has 1 fully saturated rings. The number of benzene rings is 1. The summed E-state index contributed by atoms with van der Waals surface area (Å²) < 4.78 is 5.19. The van der Waals surface area contributed by atoms with Crippen molar-refractivity contribution in [2.45, 2.75) is 26.0 Å². The highest BCUT2D eigenvalue weighted by Gasteiger charge is 2.14. The van der Waals surface area contributed by atoms with E-state index in [4.69, 9.17) is 4.74 Å². The minimum atomic E-state index is 0.699. The lowest BCUT2D eigenvalue weighted by Crippen LogP contribution is -2.36. The monoisotopic (exact) mass is 262 g/mol. The third kappa shape index (κ3) is 4.94. The van der Waals surface area contributed by atoms with Crippen LogP contribution in [0.3, 0.4) is 0 Å². The van der Waals surface area contributed by atoms with Crippen molar-refractivity contribution in [1.29, 1.82) is 0 Å². The van der Waals surface area contributed by atoms with Gasteiger partial charge in [-0.2, -0.15) is 0 Å². The second kappa shape index (κ2) is 7.63. The Morgan fingerprint density at radius 2 is 2.21 bits per heavy atom. The molecule has 1 unspecified atom stereocenters. The van der Waals surface area contributed by atoms with Crippen molar-refractivity contribution in [2.75, 3.05) is 33.8 Å². The number of nitrogens with zero attached hydrogens (tertiary/aromatic N) is 1. The maximum absolute atomic E-state index is 5.19. The SMILES string of the molecule is COCc1cccc(CN(C)CC2CCCNC2)c1. The standard InChI is InChI=1S/C16H26N2O/c1-18(12-16-7-4-8-17-10-16)11-14-5-3-6-15(9-14)13-19-2/h3,5-6,9,16-17H,4,7-8,10-13H2,1-2H3. The van der Waals surface area contributed by atoms with Crippen molar-refractivity contribution in [2.24, 2.45) is 5.92 Å². The molecular weight excluding hydrogens is 236 g/mol. The van der Waals surface area contributed by atoms with Gasteiger partial charge in [-0.25, -0.2) is 0 Å². The molecular formula is C16H26N2O. The molecule has 1 saturated heterocycles. The Balaban J connectivity index is 1.83. The van der Waals surface area contributed by atoms with Crippen LogP contribution in [0, 0.1) is 5.92 Å². The lowest BCUT2D eigenvalue weighted by Gasteiger charge is -2.27. The van der Waals surface area contributed by atoms with Crippen molar-refractivity contribution in [1.82, 2.24) is 10.2 Å². The molecule has 2 rings (SSSR count). The highest BCUT2D eigenvalue weighted by Crippen LogP contribution is 2.13. The maximum Gasteiger partial charge on any atom is 0.0713 e. The first kappa shape index (κ1) is 14.5. The molecule has 1 aromatic rings. The third-order valence-electron chi connectivity index (χ3n) is 3.72. The molecule has 19 heavy (non-hydrogen) atoms. The van der Waals surface area contributed by atoms with Crippen LogP contribution < -0.4 is 5.32 Å². The van der Waals surface area contributed by atoms with Crippen LogP contribution in [-0.4, -0.2) is 38.7 Å². The quantitative estimate of drug-likeness (QED) is 0.851. The summed E-state index contributed by atoms with van der Waals surface area (Å²) in [5.74, 6) is 0.806. The van der Waals surface area contributed by atoms with Gasteiger partial charge in [0.05, 0.1) is 6.61 Å². The van der Waals surface area contributed by atoms with E-state index in [1.54, 1.807) is 7.11 Å². The van der Waals surface area contributed by atoms with Gasteiger partial charge in [0.15, 0.2) is 0 Å². The normalized spacial score (nSPS) is 19.8. The van der Waals surface area contributed by atoms with Gasteiger partial charge in [-0.15, -0.1) is 0 Å². The molecule has 1 N–H and O–H groups in total. The molecule has 0 amide bonds. The van der Waals surface area contributed by atoms with Crippen molar-refractivity contribution in [3.63, 3.8) is 0 Å². The molecule has 1 aromatic carbocycles. The summed E-state index contributed by atoms with van der Waals surface area (Å²) in [7, 11) is 3.96. The summed E-state index contributed by atoms with van der Waals surface area (Å²) in [5.41, 5.74) is 2.63. The van der Waals surface area contributed by atoms with Gasteiger partial charge in [0.2, 0.25) is 0 Å². The zero-order valence-electron chi connectivity index (χ0n) is 12.2. The number of hydrogen-bond donors (Lipinski definition) is 1. The fourth-order valence-electron chi connectivity index (χ4n) is 2.88. The van der Waals surface area contributed by atoms with Gasteiger partial charge in [-0.1, -0.05) is 24.3 Å². The molecule has 3 heteroatoms. The van der Waals surface area contributed by atoms with E-state index in [1.807, 2.05) is 0 Å². The van der Waals surface area contributed by atoms with Crippen LogP contribution >= 0.6 is 0 Å². The summed E-state index contributed by atoms with van der Waals surface area (Å²) in [6.07, 6.45) is 2.68. The van der Waals surface area contributed by atoms with Crippen LogP contribution in [0.4, 0.5) is 0 Å². The molecule has 1 aliphatic rings. The van der Waals surface area contributed by atoms with E-state index in [0.29, 0.717) is 6.61 Å². The van der Waals surface area contributed by atoms with E-state index in [2.05, 4.69) is 41.5 Å². The van der Waals surface area contributed by atoms with E-state index in [9.17, 15) is 0 Å². The number of rotatable bonds is 6. The van der Waals surface area contributed by atoms with Crippen LogP contribution in [0.1, 0.15) is 24.0 Å². The number of ether oxygens (including phenoxy) is 1. The van der Waals surface area contributed by atoms with Crippen molar-refractivity contribution >= 4 is 0 Å². The Morgan fingerprint density at radius 1 is 1.37 bits per heavy atom.